The van der Waals surface area contributed by atoms with Crippen LogP contribution in [0.3, 0.4) is 0 Å². The first-order chi connectivity index (χ1) is 39.3. The van der Waals surface area contributed by atoms with Crippen LogP contribution in [0.25, 0.3) is 55.1 Å². The minimum absolute atomic E-state index is 0.0121. The predicted octanol–water partition coefficient (Wildman–Crippen LogP) is 8.07. The van der Waals surface area contributed by atoms with Gasteiger partial charge in [0.05, 0.1) is 69.0 Å². The monoisotopic (exact) mass is 1120 g/mol. The number of nitrogen functional groups attached to an aromatic ring is 1. The normalized spacial score (nSPS) is 22.7. The van der Waals surface area contributed by atoms with E-state index < -0.39 is 87.9 Å². The van der Waals surface area contributed by atoms with Crippen molar-refractivity contribution in [2.24, 2.45) is 0 Å². The lowest BCUT2D eigenvalue weighted by molar-refractivity contribution is -0.172. The Morgan fingerprint density at radius 2 is 1.78 bits per heavy atom. The lowest BCUT2D eigenvalue weighted by Crippen LogP contribution is -2.57. The molecule has 0 aliphatic carbocycles. The second kappa shape index (κ2) is 19.1. The Kier molecular flexibility index (Phi) is 12.2. The summed E-state index contributed by atoms with van der Waals surface area (Å²) < 4.78 is 98.7. The highest BCUT2D eigenvalue weighted by Crippen LogP contribution is 2.45. The number of terminal acetylenes is 1. The van der Waals surface area contributed by atoms with Gasteiger partial charge in [0, 0.05) is 65.1 Å². The van der Waals surface area contributed by atoms with Gasteiger partial charge in [0.15, 0.2) is 11.4 Å². The number of halogens is 5. The maximum absolute atomic E-state index is 17.5. The first-order valence-corrected chi connectivity index (χ1v) is 26.7. The van der Waals surface area contributed by atoms with Crippen LogP contribution in [0.1, 0.15) is 61.8 Å². The fraction of sp³-hybridized carbons (Fsp3) is 0.317. The van der Waals surface area contributed by atoms with Gasteiger partial charge < -0.3 is 39.4 Å². The predicted molar refractivity (Wildman–Crippen MR) is 292 cm³/mol. The van der Waals surface area contributed by atoms with E-state index in [2.05, 4.69) is 27.8 Å². The van der Waals surface area contributed by atoms with E-state index in [0.29, 0.717) is 40.7 Å². The molecule has 7 aromatic rings. The van der Waals surface area contributed by atoms with E-state index in [0.717, 1.165) is 24.6 Å². The summed E-state index contributed by atoms with van der Waals surface area (Å²) in [5, 5.41) is 14.4. The minimum atomic E-state index is -2.03. The van der Waals surface area contributed by atoms with Crippen LogP contribution in [0.2, 0.25) is 0 Å². The van der Waals surface area contributed by atoms with Crippen LogP contribution < -0.4 is 26.2 Å². The number of hydrogen-bond acceptors (Lipinski definition) is 14. The number of amides is 2. The SMILES string of the molecule is C#Cc1c(F)ccc2cc(N)cc(-c3c(F)cc4c(N5CC6C=CC(C5)N6C(=O)C(=C)C(C)OC(=O)Nc5cc6cc7c(nc6cc5F)-c5cc6c(c(=O)n5C7)COC(=O)C6(O)CC)nc(OCC56CCCN5CC(F)C6)nc4c3F)c12. The van der Waals surface area contributed by atoms with Crippen LogP contribution in [-0.2, 0) is 37.8 Å². The number of benzene rings is 4. The maximum Gasteiger partial charge on any atom is 0.412 e. The van der Waals surface area contributed by atoms with Gasteiger partial charge in [0.25, 0.3) is 11.5 Å². The largest absolute Gasteiger partial charge is 0.461 e. The zero-order chi connectivity index (χ0) is 57.4. The highest BCUT2D eigenvalue weighted by atomic mass is 19.1. The van der Waals surface area contributed by atoms with Crippen molar-refractivity contribution in [2.45, 2.75) is 88.2 Å². The summed E-state index contributed by atoms with van der Waals surface area (Å²) in [6.45, 7) is 7.80. The topological polar surface area (TPSA) is 208 Å². The zero-order valence-electron chi connectivity index (χ0n) is 44.1. The Balaban J connectivity index is 0.745. The first kappa shape index (κ1) is 52.4. The number of nitrogens with zero attached hydrogens (tertiary/aromatic N) is 7. The summed E-state index contributed by atoms with van der Waals surface area (Å²) >= 11 is 0. The molecule has 6 unspecified atom stereocenters. The number of hydrogen-bond donors (Lipinski definition) is 3. The van der Waals surface area contributed by atoms with Crippen molar-refractivity contribution in [3.05, 3.63) is 135 Å². The number of ether oxygens (including phenoxy) is 3. The summed E-state index contributed by atoms with van der Waals surface area (Å²) in [5.74, 6) is -2.89. The van der Waals surface area contributed by atoms with E-state index in [9.17, 15) is 28.7 Å². The molecule has 6 aliphatic rings. The summed E-state index contributed by atoms with van der Waals surface area (Å²) in [5.41, 5.74) is 3.37. The Morgan fingerprint density at radius 3 is 2.54 bits per heavy atom. The molecule has 418 valence electrons. The number of esters is 1. The first-order valence-electron chi connectivity index (χ1n) is 26.7. The number of nitrogens with two attached hydrogens (primary N) is 1. The minimum Gasteiger partial charge on any atom is -0.461 e. The molecule has 3 fully saturated rings. The van der Waals surface area contributed by atoms with E-state index in [1.807, 2.05) is 4.90 Å². The molecule has 2 amide bonds. The van der Waals surface area contributed by atoms with Crippen molar-refractivity contribution >= 4 is 67.7 Å². The Labute approximate surface area is 463 Å². The third-order valence-corrected chi connectivity index (χ3v) is 17.1. The molecule has 3 saturated heterocycles. The fourth-order valence-electron chi connectivity index (χ4n) is 13.0. The number of alkyl halides is 1. The lowest BCUT2D eigenvalue weighted by Gasteiger charge is -2.42. The van der Waals surface area contributed by atoms with Gasteiger partial charge >= 0.3 is 18.1 Å². The number of aliphatic hydroxyl groups is 1. The number of anilines is 3. The number of nitrogens with one attached hydrogen (secondary N) is 1. The van der Waals surface area contributed by atoms with Crippen molar-refractivity contribution in [2.75, 3.05) is 48.7 Å². The van der Waals surface area contributed by atoms with E-state index in [1.54, 1.807) is 41.0 Å². The van der Waals surface area contributed by atoms with Gasteiger partial charge in [-0.15, -0.1) is 6.42 Å². The van der Waals surface area contributed by atoms with Crippen molar-refractivity contribution < 1.29 is 55.7 Å². The molecule has 17 nitrogen and oxygen atoms in total. The van der Waals surface area contributed by atoms with Crippen LogP contribution >= 0.6 is 0 Å². The van der Waals surface area contributed by atoms with Gasteiger partial charge in [-0.1, -0.05) is 37.6 Å². The molecule has 9 heterocycles. The summed E-state index contributed by atoms with van der Waals surface area (Å²) in [6.07, 6.45) is 7.60. The number of piperazine rings is 1. The highest BCUT2D eigenvalue weighted by Gasteiger charge is 2.50. The number of carbonyl (C=O) groups excluding carboxylic acids is 3. The molecule has 0 spiro atoms. The third kappa shape index (κ3) is 8.14. The van der Waals surface area contributed by atoms with Crippen molar-refractivity contribution in [3.63, 3.8) is 0 Å². The maximum atomic E-state index is 17.5. The number of aromatic nitrogens is 4. The second-order valence-electron chi connectivity index (χ2n) is 21.8. The summed E-state index contributed by atoms with van der Waals surface area (Å²) in [6, 6.07) is 10.6. The lowest BCUT2D eigenvalue weighted by atomic mass is 9.86. The van der Waals surface area contributed by atoms with Gasteiger partial charge in [0.2, 0.25) is 0 Å². The molecule has 82 heavy (non-hydrogen) atoms. The average molecular weight is 1120 g/mol. The van der Waals surface area contributed by atoms with Crippen molar-refractivity contribution in [1.29, 1.82) is 0 Å². The van der Waals surface area contributed by atoms with Crippen LogP contribution in [0.15, 0.2) is 83.7 Å². The molecular weight excluding hydrogens is 1070 g/mol. The fourth-order valence-corrected chi connectivity index (χ4v) is 13.0. The number of rotatable bonds is 10. The Hall–Kier alpha value is -8.94. The Morgan fingerprint density at radius 1 is 1.00 bits per heavy atom. The molecular formula is C60H50F5N9O8. The smallest absolute Gasteiger partial charge is 0.412 e. The molecule has 4 N–H and O–H groups in total. The van der Waals surface area contributed by atoms with Crippen LogP contribution in [0.4, 0.5) is 43.9 Å². The van der Waals surface area contributed by atoms with E-state index in [-0.39, 0.29) is 125 Å². The van der Waals surface area contributed by atoms with E-state index >= 15 is 17.6 Å². The standard InChI is InChI=1S/C60H50F5N9O8/c1-5-37-42(62)11-8-30-15-34(66)17-38(48(30)37)49-44(64)18-39-52(50(49)65)69-57(81-27-59-12-7-13-72(59)23-33(61)21-59)70-53(39)71-24-35-9-10-36(25-71)74(35)54(75)28(3)29(4)82-58(78)68-46-16-31-14-32-22-73-47(51(32)67-45(31)20-43(46)63)19-41-40(55(73)76)26-80-56(77)60(41,79)6-2/h1,8-11,14-20,29,33,35-36,79H,3,6-7,12-13,21-27,66H2,2,4H3,(H,68,78). The quantitative estimate of drug-likeness (QED) is 0.0296. The van der Waals surface area contributed by atoms with Gasteiger partial charge in [-0.25, -0.2) is 36.5 Å². The van der Waals surface area contributed by atoms with Crippen LogP contribution in [0.5, 0.6) is 6.01 Å². The third-order valence-electron chi connectivity index (χ3n) is 17.1. The van der Waals surface area contributed by atoms with E-state index in [1.165, 1.54) is 35.8 Å². The van der Waals surface area contributed by atoms with Crippen molar-refractivity contribution in [3.8, 4) is 40.9 Å². The molecule has 0 saturated carbocycles. The van der Waals surface area contributed by atoms with Gasteiger partial charge in [-0.05, 0) is 86.1 Å². The van der Waals surface area contributed by atoms with Crippen LogP contribution in [-0.4, -0.2) is 115 Å². The number of carbonyl (C=O) groups is 3. The molecule has 6 aliphatic heterocycles. The average Bonchev–Trinajstić information content (AvgIpc) is 2.91. The molecule has 6 atom stereocenters. The summed E-state index contributed by atoms with van der Waals surface area (Å²) in [4.78, 5) is 73.3. The molecule has 0 radical (unpaired) electrons. The van der Waals surface area contributed by atoms with Crippen molar-refractivity contribution in [1.82, 2.24) is 29.3 Å². The molecule has 3 aromatic heterocycles. The molecule has 4 aromatic carbocycles. The van der Waals surface area contributed by atoms with Gasteiger partial charge in [0.1, 0.15) is 54.3 Å². The van der Waals surface area contributed by atoms with E-state index in [4.69, 9.17) is 31.4 Å². The molecule has 13 rings (SSSR count). The molecule has 22 heteroatoms. The second-order valence-corrected chi connectivity index (χ2v) is 21.8. The van der Waals surface area contributed by atoms with Gasteiger partial charge in [-0.2, -0.15) is 9.97 Å². The summed E-state index contributed by atoms with van der Waals surface area (Å²) in [7, 11) is 0. The van der Waals surface area contributed by atoms with Crippen LogP contribution in [0, 0.1) is 35.6 Å². The number of cyclic esters (lactones) is 1. The Bertz CT molecular complexity index is 4150. The highest BCUT2D eigenvalue weighted by molar-refractivity contribution is 6.05. The number of pyridine rings is 2. The molecule has 2 bridgehead atoms. The van der Waals surface area contributed by atoms with Gasteiger partial charge in [-0.3, -0.25) is 19.8 Å². The number of fused-ring (bicyclic) bond motifs is 10. The zero-order valence-corrected chi connectivity index (χ0v) is 44.1.